The van der Waals surface area contributed by atoms with Crippen LogP contribution in [0, 0.1) is 6.92 Å². The lowest BCUT2D eigenvalue weighted by Crippen LogP contribution is -2.36. The van der Waals surface area contributed by atoms with Gasteiger partial charge in [0.1, 0.15) is 4.21 Å². The van der Waals surface area contributed by atoms with Gasteiger partial charge in [-0.2, -0.15) is 4.31 Å². The summed E-state index contributed by atoms with van der Waals surface area (Å²) in [4.78, 5) is 11.3. The SMILES string of the molecule is Cc1cccc(CN(CC2CCCO2)S(=O)(=O)c2cc(C(N)=O)cs2)c1. The maximum Gasteiger partial charge on any atom is 0.252 e. The molecule has 2 heterocycles. The Morgan fingerprint density at radius 2 is 2.19 bits per heavy atom. The Morgan fingerprint density at radius 1 is 1.38 bits per heavy atom. The molecule has 2 N–H and O–H groups in total. The van der Waals surface area contributed by atoms with Crippen LogP contribution in [0.4, 0.5) is 0 Å². The Labute approximate surface area is 157 Å². The van der Waals surface area contributed by atoms with Crippen molar-refractivity contribution < 1.29 is 17.9 Å². The number of hydrogen-bond donors (Lipinski definition) is 1. The van der Waals surface area contributed by atoms with Gasteiger partial charge in [-0.3, -0.25) is 4.79 Å². The van der Waals surface area contributed by atoms with Gasteiger partial charge in [0.15, 0.2) is 0 Å². The molecule has 0 aliphatic carbocycles. The summed E-state index contributed by atoms with van der Waals surface area (Å²) in [6.45, 7) is 3.18. The van der Waals surface area contributed by atoms with Crippen molar-refractivity contribution in [2.24, 2.45) is 5.73 Å². The number of amides is 1. The highest BCUT2D eigenvalue weighted by Crippen LogP contribution is 2.27. The molecule has 8 heteroatoms. The standard InChI is InChI=1S/C18H22N2O4S2/c1-13-4-2-5-14(8-13)10-20(11-16-6-3-7-24-16)26(22,23)17-9-15(12-25-17)18(19)21/h2,4-5,8-9,12,16H,3,6-7,10-11H2,1H3,(H2,19,21). The van der Waals surface area contributed by atoms with E-state index in [1.54, 1.807) is 0 Å². The average Bonchev–Trinajstić information content (AvgIpc) is 3.26. The minimum absolute atomic E-state index is 0.106. The number of nitrogens with two attached hydrogens (primary N) is 1. The summed E-state index contributed by atoms with van der Waals surface area (Å²) in [5, 5.41) is 1.48. The molecule has 1 aliphatic heterocycles. The second-order valence-electron chi connectivity index (χ2n) is 6.44. The number of nitrogens with zero attached hydrogens (tertiary/aromatic N) is 1. The summed E-state index contributed by atoms with van der Waals surface area (Å²) >= 11 is 1.01. The fraction of sp³-hybridized carbons (Fsp3) is 0.389. The molecule has 1 aromatic carbocycles. The lowest BCUT2D eigenvalue weighted by molar-refractivity contribution is 0.0926. The van der Waals surface area contributed by atoms with Gasteiger partial charge in [-0.15, -0.1) is 11.3 Å². The van der Waals surface area contributed by atoms with Crippen LogP contribution < -0.4 is 5.73 Å². The molecule has 26 heavy (non-hydrogen) atoms. The van der Waals surface area contributed by atoms with Crippen LogP contribution in [-0.2, 0) is 21.3 Å². The van der Waals surface area contributed by atoms with Crippen LogP contribution in [0.3, 0.4) is 0 Å². The predicted octanol–water partition coefficient (Wildman–Crippen LogP) is 2.53. The highest BCUT2D eigenvalue weighted by Gasteiger charge is 2.30. The van der Waals surface area contributed by atoms with E-state index in [4.69, 9.17) is 10.5 Å². The van der Waals surface area contributed by atoms with Crippen LogP contribution in [0.1, 0.15) is 34.3 Å². The maximum atomic E-state index is 13.2. The zero-order valence-electron chi connectivity index (χ0n) is 14.6. The maximum absolute atomic E-state index is 13.2. The molecule has 0 bridgehead atoms. The van der Waals surface area contributed by atoms with Gasteiger partial charge in [-0.1, -0.05) is 29.8 Å². The van der Waals surface area contributed by atoms with E-state index in [1.807, 2.05) is 31.2 Å². The Kier molecular flexibility index (Phi) is 5.76. The molecule has 1 aromatic heterocycles. The summed E-state index contributed by atoms with van der Waals surface area (Å²) in [7, 11) is -3.75. The highest BCUT2D eigenvalue weighted by molar-refractivity contribution is 7.91. The van der Waals surface area contributed by atoms with Crippen LogP contribution in [0.5, 0.6) is 0 Å². The van der Waals surface area contributed by atoms with E-state index in [0.717, 1.165) is 35.3 Å². The third kappa shape index (κ3) is 4.32. The molecular formula is C18H22N2O4S2. The minimum Gasteiger partial charge on any atom is -0.377 e. The van der Waals surface area contributed by atoms with E-state index in [-0.39, 0.29) is 22.4 Å². The van der Waals surface area contributed by atoms with Crippen molar-refractivity contribution in [3.05, 3.63) is 52.4 Å². The summed E-state index contributed by atoms with van der Waals surface area (Å²) < 4.78 is 33.6. The van der Waals surface area contributed by atoms with Gasteiger partial charge in [0.25, 0.3) is 10.0 Å². The van der Waals surface area contributed by atoms with Crippen molar-refractivity contribution in [1.29, 1.82) is 0 Å². The second-order valence-corrected chi connectivity index (χ2v) is 9.52. The van der Waals surface area contributed by atoms with Gasteiger partial charge in [0.2, 0.25) is 5.91 Å². The summed E-state index contributed by atoms with van der Waals surface area (Å²) in [5.74, 6) is -0.632. The fourth-order valence-electron chi connectivity index (χ4n) is 2.99. The third-order valence-electron chi connectivity index (χ3n) is 4.33. The Hall–Kier alpha value is -1.74. The van der Waals surface area contributed by atoms with Gasteiger partial charge in [0.05, 0.1) is 11.7 Å². The molecule has 1 fully saturated rings. The molecule has 1 saturated heterocycles. The number of hydrogen-bond acceptors (Lipinski definition) is 5. The fourth-order valence-corrected chi connectivity index (χ4v) is 5.77. The molecule has 0 spiro atoms. The molecule has 1 atom stereocenters. The van der Waals surface area contributed by atoms with E-state index in [1.165, 1.54) is 15.8 Å². The van der Waals surface area contributed by atoms with Crippen LogP contribution in [0.2, 0.25) is 0 Å². The molecule has 0 saturated carbocycles. The summed E-state index contributed by atoms with van der Waals surface area (Å²) in [6, 6.07) is 9.12. The average molecular weight is 395 g/mol. The zero-order chi connectivity index (χ0) is 18.7. The predicted molar refractivity (Wildman–Crippen MR) is 101 cm³/mol. The number of benzene rings is 1. The highest BCUT2D eigenvalue weighted by atomic mass is 32.2. The number of rotatable bonds is 7. The summed E-state index contributed by atoms with van der Waals surface area (Å²) in [6.07, 6.45) is 1.68. The van der Waals surface area contributed by atoms with E-state index < -0.39 is 15.9 Å². The van der Waals surface area contributed by atoms with Crippen molar-refractivity contribution in [3.63, 3.8) is 0 Å². The van der Waals surface area contributed by atoms with Crippen molar-refractivity contribution >= 4 is 27.3 Å². The van der Waals surface area contributed by atoms with E-state index in [2.05, 4.69) is 0 Å². The van der Waals surface area contributed by atoms with Gasteiger partial charge >= 0.3 is 0 Å². The van der Waals surface area contributed by atoms with Gasteiger partial charge in [-0.05, 0) is 31.4 Å². The van der Waals surface area contributed by atoms with E-state index >= 15 is 0 Å². The Bertz CT molecular complexity index is 886. The molecular weight excluding hydrogens is 372 g/mol. The van der Waals surface area contributed by atoms with Crippen molar-refractivity contribution in [2.75, 3.05) is 13.2 Å². The number of sulfonamides is 1. The number of aryl methyl sites for hydroxylation is 1. The van der Waals surface area contributed by atoms with Gasteiger partial charge in [0, 0.05) is 25.1 Å². The van der Waals surface area contributed by atoms with E-state index in [9.17, 15) is 13.2 Å². The molecule has 0 radical (unpaired) electrons. The number of primary amides is 1. The molecule has 6 nitrogen and oxygen atoms in total. The zero-order valence-corrected chi connectivity index (χ0v) is 16.2. The molecule has 140 valence electrons. The third-order valence-corrected chi connectivity index (χ3v) is 7.55. The van der Waals surface area contributed by atoms with Crippen molar-refractivity contribution in [1.82, 2.24) is 4.31 Å². The minimum atomic E-state index is -3.75. The second kappa shape index (κ2) is 7.87. The van der Waals surface area contributed by atoms with Crippen molar-refractivity contribution in [3.8, 4) is 0 Å². The molecule has 2 aromatic rings. The molecule has 1 unspecified atom stereocenters. The topological polar surface area (TPSA) is 89.7 Å². The first-order valence-electron chi connectivity index (χ1n) is 8.42. The number of carbonyl (C=O) groups is 1. The molecule has 1 aliphatic rings. The number of ether oxygens (including phenoxy) is 1. The van der Waals surface area contributed by atoms with Crippen LogP contribution in [0.25, 0.3) is 0 Å². The molecule has 1 amide bonds. The normalized spacial score (nSPS) is 17.7. The van der Waals surface area contributed by atoms with Gasteiger partial charge in [-0.25, -0.2) is 8.42 Å². The van der Waals surface area contributed by atoms with Gasteiger partial charge < -0.3 is 10.5 Å². The van der Waals surface area contributed by atoms with Crippen molar-refractivity contribution in [2.45, 2.75) is 36.6 Å². The quantitative estimate of drug-likeness (QED) is 0.781. The first kappa shape index (κ1) is 19.0. The first-order chi connectivity index (χ1) is 12.4. The Balaban J connectivity index is 1.90. The lowest BCUT2D eigenvalue weighted by atomic mass is 10.1. The van der Waals surface area contributed by atoms with Crippen LogP contribution >= 0.6 is 11.3 Å². The largest absolute Gasteiger partial charge is 0.377 e. The Morgan fingerprint density at radius 3 is 2.81 bits per heavy atom. The van der Waals surface area contributed by atoms with Crippen LogP contribution in [-0.4, -0.2) is 37.9 Å². The number of carbonyl (C=O) groups excluding carboxylic acids is 1. The van der Waals surface area contributed by atoms with Crippen LogP contribution in [0.15, 0.2) is 39.9 Å². The summed E-state index contributed by atoms with van der Waals surface area (Å²) in [5.41, 5.74) is 7.46. The monoisotopic (exact) mass is 394 g/mol. The van der Waals surface area contributed by atoms with E-state index in [0.29, 0.717) is 13.2 Å². The number of thiophene rings is 1. The lowest BCUT2D eigenvalue weighted by Gasteiger charge is -2.24. The molecule has 3 rings (SSSR count). The first-order valence-corrected chi connectivity index (χ1v) is 10.7. The smallest absolute Gasteiger partial charge is 0.252 e.